The average molecular weight is 458 g/mol. The van der Waals surface area contributed by atoms with Crippen LogP contribution in [-0.2, 0) is 14.3 Å². The molecule has 2 saturated heterocycles. The first kappa shape index (κ1) is 22.2. The van der Waals surface area contributed by atoms with Crippen LogP contribution in [0.3, 0.4) is 0 Å². The molecule has 1 amide bonds. The van der Waals surface area contributed by atoms with Crippen LogP contribution in [-0.4, -0.2) is 55.2 Å². The molecule has 2 fully saturated rings. The number of ketones is 1. The third-order valence-electron chi connectivity index (χ3n) is 5.81. The molecule has 0 spiro atoms. The number of amides is 1. The number of hydrogen-bond acceptors (Lipinski definition) is 6. The van der Waals surface area contributed by atoms with E-state index in [1.54, 1.807) is 42.5 Å². The van der Waals surface area contributed by atoms with Crippen molar-refractivity contribution in [2.45, 2.75) is 25.0 Å². The van der Waals surface area contributed by atoms with Crippen LogP contribution in [0.2, 0.25) is 5.02 Å². The summed E-state index contributed by atoms with van der Waals surface area (Å²) < 4.78 is 16.5. The summed E-state index contributed by atoms with van der Waals surface area (Å²) in [4.78, 5) is 27.7. The molecule has 0 saturated carbocycles. The normalized spacial score (nSPS) is 22.4. The fourth-order valence-corrected chi connectivity index (χ4v) is 4.41. The molecule has 168 valence electrons. The van der Waals surface area contributed by atoms with E-state index in [1.165, 1.54) is 19.1 Å². The number of benzene rings is 2. The van der Waals surface area contributed by atoms with Crippen LogP contribution in [0.1, 0.15) is 30.0 Å². The third-order valence-corrected chi connectivity index (χ3v) is 6.07. The number of hydrogen-bond donors (Lipinski definition) is 1. The van der Waals surface area contributed by atoms with Gasteiger partial charge in [-0.15, -0.1) is 0 Å². The fourth-order valence-electron chi connectivity index (χ4n) is 4.29. The summed E-state index contributed by atoms with van der Waals surface area (Å²) in [5.41, 5.74) is 0.840. The molecule has 1 N–H and O–H groups in total. The molecule has 2 aromatic carbocycles. The molecule has 7 nitrogen and oxygen atoms in total. The summed E-state index contributed by atoms with van der Waals surface area (Å²) in [6, 6.07) is 11.1. The molecule has 2 heterocycles. The summed E-state index contributed by atoms with van der Waals surface area (Å²) in [5.74, 6) is -1.17. The summed E-state index contributed by atoms with van der Waals surface area (Å²) in [7, 11) is 2.91. The molecule has 8 heteroatoms. The van der Waals surface area contributed by atoms with Crippen LogP contribution in [0.4, 0.5) is 0 Å². The summed E-state index contributed by atoms with van der Waals surface area (Å²) in [6.07, 6.45) is 1.54. The smallest absolute Gasteiger partial charge is 0.295 e. The van der Waals surface area contributed by atoms with Crippen LogP contribution >= 0.6 is 11.6 Å². The summed E-state index contributed by atoms with van der Waals surface area (Å²) in [6.45, 7) is 0.871. The molecule has 0 radical (unpaired) electrons. The van der Waals surface area contributed by atoms with Crippen molar-refractivity contribution in [1.82, 2.24) is 4.90 Å². The molecule has 0 aliphatic carbocycles. The van der Waals surface area contributed by atoms with Crippen molar-refractivity contribution in [3.63, 3.8) is 0 Å². The van der Waals surface area contributed by atoms with Gasteiger partial charge in [-0.25, -0.2) is 0 Å². The molecular weight excluding hydrogens is 434 g/mol. The number of Topliss-reactive ketones (excluding diaryl/α,β-unsaturated/α-hetero) is 1. The highest BCUT2D eigenvalue weighted by Crippen LogP contribution is 2.43. The molecule has 0 aromatic heterocycles. The van der Waals surface area contributed by atoms with Gasteiger partial charge in [0.15, 0.2) is 0 Å². The van der Waals surface area contributed by atoms with Crippen LogP contribution in [0.15, 0.2) is 48.0 Å². The maximum Gasteiger partial charge on any atom is 0.295 e. The van der Waals surface area contributed by atoms with Crippen molar-refractivity contribution in [3.05, 3.63) is 64.2 Å². The van der Waals surface area contributed by atoms with Gasteiger partial charge in [0.05, 0.1) is 31.9 Å². The first-order valence-electron chi connectivity index (χ1n) is 10.3. The Morgan fingerprint density at radius 2 is 1.78 bits per heavy atom. The van der Waals surface area contributed by atoms with Gasteiger partial charge in [0.25, 0.3) is 11.7 Å². The van der Waals surface area contributed by atoms with E-state index in [1.807, 2.05) is 0 Å². The van der Waals surface area contributed by atoms with E-state index in [4.69, 9.17) is 25.8 Å². The maximum absolute atomic E-state index is 13.2. The second-order valence-electron chi connectivity index (χ2n) is 7.68. The Morgan fingerprint density at radius 3 is 2.34 bits per heavy atom. The molecule has 2 atom stereocenters. The molecular formula is C24H24ClNO6. The number of likely N-dealkylation sites (tertiary alicyclic amines) is 1. The average Bonchev–Trinajstić information content (AvgIpc) is 3.41. The Labute approximate surface area is 191 Å². The highest BCUT2D eigenvalue weighted by molar-refractivity contribution is 6.46. The quantitative estimate of drug-likeness (QED) is 0.401. The number of ether oxygens (including phenoxy) is 3. The minimum absolute atomic E-state index is 0.0295. The molecule has 0 bridgehead atoms. The van der Waals surface area contributed by atoms with E-state index in [9.17, 15) is 14.7 Å². The summed E-state index contributed by atoms with van der Waals surface area (Å²) >= 11 is 6.06. The molecule has 2 unspecified atom stereocenters. The third kappa shape index (κ3) is 3.94. The van der Waals surface area contributed by atoms with Crippen molar-refractivity contribution in [3.8, 4) is 11.5 Å². The number of carbonyl (C=O) groups is 2. The highest BCUT2D eigenvalue weighted by Gasteiger charge is 2.47. The Bertz CT molecular complexity index is 1040. The largest absolute Gasteiger partial charge is 0.506 e. The lowest BCUT2D eigenvalue weighted by Gasteiger charge is -2.27. The van der Waals surface area contributed by atoms with E-state index < -0.39 is 17.7 Å². The van der Waals surface area contributed by atoms with Crippen LogP contribution in [0.5, 0.6) is 11.5 Å². The van der Waals surface area contributed by atoms with E-state index in [2.05, 4.69) is 0 Å². The van der Waals surface area contributed by atoms with Gasteiger partial charge in [-0.1, -0.05) is 29.8 Å². The lowest BCUT2D eigenvalue weighted by atomic mass is 9.94. The number of carbonyl (C=O) groups excluding carboxylic acids is 2. The van der Waals surface area contributed by atoms with E-state index in [-0.39, 0.29) is 29.5 Å². The Morgan fingerprint density at radius 1 is 1.12 bits per heavy atom. The van der Waals surface area contributed by atoms with Gasteiger partial charge < -0.3 is 24.2 Å². The number of aliphatic hydroxyl groups excluding tert-OH is 1. The highest BCUT2D eigenvalue weighted by atomic mass is 35.5. The molecule has 2 aliphatic rings. The predicted molar refractivity (Wildman–Crippen MR) is 119 cm³/mol. The number of halogens is 1. The van der Waals surface area contributed by atoms with E-state index in [0.29, 0.717) is 28.7 Å². The van der Waals surface area contributed by atoms with E-state index in [0.717, 1.165) is 12.8 Å². The van der Waals surface area contributed by atoms with Crippen LogP contribution < -0.4 is 9.47 Å². The summed E-state index contributed by atoms with van der Waals surface area (Å²) in [5, 5.41) is 11.9. The van der Waals surface area contributed by atoms with Crippen molar-refractivity contribution in [1.29, 1.82) is 0 Å². The Hall–Kier alpha value is -3.03. The van der Waals surface area contributed by atoms with Crippen molar-refractivity contribution in [2.75, 3.05) is 27.4 Å². The SMILES string of the molecule is COc1cccc(OC)c1/C(O)=C1\C(=O)C(=O)N(CC2CCCO2)C1c1ccc(Cl)cc1. The molecule has 32 heavy (non-hydrogen) atoms. The number of aliphatic hydroxyl groups is 1. The molecule has 2 aliphatic heterocycles. The van der Waals surface area contributed by atoms with E-state index >= 15 is 0 Å². The van der Waals surface area contributed by atoms with Gasteiger partial charge in [-0.3, -0.25) is 9.59 Å². The second-order valence-corrected chi connectivity index (χ2v) is 8.11. The number of nitrogens with zero attached hydrogens (tertiary/aromatic N) is 1. The Kier molecular flexibility index (Phi) is 6.39. The van der Waals surface area contributed by atoms with Crippen molar-refractivity contribution < 1.29 is 28.9 Å². The van der Waals surface area contributed by atoms with Gasteiger partial charge in [-0.05, 0) is 42.7 Å². The Balaban J connectivity index is 1.89. The maximum atomic E-state index is 13.2. The van der Waals surface area contributed by atoms with Crippen LogP contribution in [0, 0.1) is 0 Å². The second kappa shape index (κ2) is 9.22. The van der Waals surface area contributed by atoms with Crippen molar-refractivity contribution in [2.24, 2.45) is 0 Å². The first-order chi connectivity index (χ1) is 15.5. The van der Waals surface area contributed by atoms with Gasteiger partial charge in [0.1, 0.15) is 22.8 Å². The van der Waals surface area contributed by atoms with Gasteiger partial charge in [0.2, 0.25) is 0 Å². The van der Waals surface area contributed by atoms with Crippen LogP contribution in [0.25, 0.3) is 5.76 Å². The minimum Gasteiger partial charge on any atom is -0.506 e. The fraction of sp³-hybridized carbons (Fsp3) is 0.333. The van der Waals surface area contributed by atoms with Gasteiger partial charge in [0, 0.05) is 18.2 Å². The monoisotopic (exact) mass is 457 g/mol. The predicted octanol–water partition coefficient (Wildman–Crippen LogP) is 3.96. The number of rotatable bonds is 6. The first-order valence-corrected chi connectivity index (χ1v) is 10.7. The minimum atomic E-state index is -0.800. The standard InChI is InChI=1S/C24H24ClNO6/c1-30-17-6-3-7-18(31-2)19(17)22(27)20-21(14-8-10-15(25)11-9-14)26(24(29)23(20)28)13-16-5-4-12-32-16/h3,6-11,16,21,27H,4-5,12-13H2,1-2H3/b22-20+. The van der Waals surface area contributed by atoms with Gasteiger partial charge >= 0.3 is 0 Å². The topological polar surface area (TPSA) is 85.3 Å². The zero-order chi connectivity index (χ0) is 22.8. The molecule has 2 aromatic rings. The lowest BCUT2D eigenvalue weighted by molar-refractivity contribution is -0.140. The number of methoxy groups -OCH3 is 2. The molecule has 4 rings (SSSR count). The zero-order valence-electron chi connectivity index (χ0n) is 17.8. The zero-order valence-corrected chi connectivity index (χ0v) is 18.6. The van der Waals surface area contributed by atoms with Crippen molar-refractivity contribution >= 4 is 29.1 Å². The lowest BCUT2D eigenvalue weighted by Crippen LogP contribution is -2.36. The van der Waals surface area contributed by atoms with Gasteiger partial charge in [-0.2, -0.15) is 0 Å².